The number of aliphatic imine (C=N–C) groups is 1. The van der Waals surface area contributed by atoms with Crippen LogP contribution < -0.4 is 5.32 Å². The van der Waals surface area contributed by atoms with Crippen molar-refractivity contribution in [2.75, 3.05) is 33.7 Å². The summed E-state index contributed by atoms with van der Waals surface area (Å²) in [6.45, 7) is 3.49. The first kappa shape index (κ1) is 17.8. The van der Waals surface area contributed by atoms with Gasteiger partial charge in [0.1, 0.15) is 0 Å². The van der Waals surface area contributed by atoms with E-state index in [9.17, 15) is 4.79 Å². The SMILES string of the molecule is CN=C(NCCC(=O)N(C)Cc1ccccc1)N1CCC2(CCC2)C1. The number of carbonyl (C=O) groups is 1. The number of carbonyl (C=O) groups excluding carboxylic acids is 1. The quantitative estimate of drug-likeness (QED) is 0.661. The van der Waals surface area contributed by atoms with E-state index in [0.29, 0.717) is 24.9 Å². The third-order valence-corrected chi connectivity index (χ3v) is 5.67. The Kier molecular flexibility index (Phi) is 5.61. The van der Waals surface area contributed by atoms with E-state index in [2.05, 4.69) is 15.2 Å². The first-order valence-corrected chi connectivity index (χ1v) is 9.35. The lowest BCUT2D eigenvalue weighted by molar-refractivity contribution is -0.130. The fourth-order valence-corrected chi connectivity index (χ4v) is 3.95. The number of amides is 1. The molecule has 1 aliphatic heterocycles. The predicted octanol–water partition coefficient (Wildman–Crippen LogP) is 2.49. The van der Waals surface area contributed by atoms with E-state index in [4.69, 9.17) is 0 Å². The van der Waals surface area contributed by atoms with Crippen molar-refractivity contribution < 1.29 is 4.79 Å². The van der Waals surface area contributed by atoms with E-state index < -0.39 is 0 Å². The maximum atomic E-state index is 12.3. The molecule has 0 radical (unpaired) electrons. The number of hydrogen-bond acceptors (Lipinski definition) is 2. The van der Waals surface area contributed by atoms with Gasteiger partial charge >= 0.3 is 0 Å². The molecule has 5 nitrogen and oxygen atoms in total. The fraction of sp³-hybridized carbons (Fsp3) is 0.600. The summed E-state index contributed by atoms with van der Waals surface area (Å²) in [7, 11) is 3.70. The first-order valence-electron chi connectivity index (χ1n) is 9.35. The van der Waals surface area contributed by atoms with Crippen LogP contribution in [-0.2, 0) is 11.3 Å². The maximum absolute atomic E-state index is 12.3. The number of benzene rings is 1. The van der Waals surface area contributed by atoms with Crippen LogP contribution in [0.2, 0.25) is 0 Å². The molecule has 1 aromatic rings. The van der Waals surface area contributed by atoms with E-state index in [0.717, 1.165) is 24.6 Å². The molecule has 0 atom stereocenters. The van der Waals surface area contributed by atoms with Gasteiger partial charge in [-0.15, -0.1) is 0 Å². The van der Waals surface area contributed by atoms with Crippen LogP contribution in [0, 0.1) is 5.41 Å². The van der Waals surface area contributed by atoms with Gasteiger partial charge in [0.25, 0.3) is 0 Å². The molecular formula is C20H30N4O. The van der Waals surface area contributed by atoms with Crippen molar-refractivity contribution >= 4 is 11.9 Å². The monoisotopic (exact) mass is 342 g/mol. The van der Waals surface area contributed by atoms with Crippen molar-refractivity contribution in [3.8, 4) is 0 Å². The molecule has 1 amide bonds. The summed E-state index contributed by atoms with van der Waals surface area (Å²) in [6, 6.07) is 10.1. The van der Waals surface area contributed by atoms with Gasteiger partial charge in [0, 0.05) is 46.7 Å². The van der Waals surface area contributed by atoms with Crippen LogP contribution in [0.3, 0.4) is 0 Å². The standard InChI is InChI=1S/C20H30N4O/c1-21-19(24-14-12-20(16-24)10-6-11-20)22-13-9-18(25)23(2)15-17-7-4-3-5-8-17/h3-5,7-8H,6,9-16H2,1-2H3,(H,21,22). The average molecular weight is 342 g/mol. The van der Waals surface area contributed by atoms with E-state index >= 15 is 0 Å². The van der Waals surface area contributed by atoms with E-state index in [1.165, 1.54) is 25.7 Å². The summed E-state index contributed by atoms with van der Waals surface area (Å²) in [5, 5.41) is 3.38. The number of guanidine groups is 1. The molecule has 2 aliphatic rings. The lowest BCUT2D eigenvalue weighted by Crippen LogP contribution is -2.43. The third kappa shape index (κ3) is 4.33. The number of nitrogens with zero attached hydrogens (tertiary/aromatic N) is 3. The molecule has 1 heterocycles. The molecule has 1 aliphatic carbocycles. The van der Waals surface area contributed by atoms with Gasteiger partial charge in [-0.3, -0.25) is 9.79 Å². The van der Waals surface area contributed by atoms with Gasteiger partial charge in [0.2, 0.25) is 5.91 Å². The van der Waals surface area contributed by atoms with Crippen LogP contribution in [0.4, 0.5) is 0 Å². The summed E-state index contributed by atoms with van der Waals surface area (Å²) in [5.41, 5.74) is 1.72. The Morgan fingerprint density at radius 1 is 1.28 bits per heavy atom. The highest BCUT2D eigenvalue weighted by Gasteiger charge is 2.43. The summed E-state index contributed by atoms with van der Waals surface area (Å²) in [4.78, 5) is 20.9. The number of nitrogens with one attached hydrogen (secondary N) is 1. The van der Waals surface area contributed by atoms with Crippen molar-refractivity contribution in [2.45, 2.75) is 38.6 Å². The Hall–Kier alpha value is -2.04. The zero-order chi connectivity index (χ0) is 17.7. The van der Waals surface area contributed by atoms with Crippen LogP contribution in [0.5, 0.6) is 0 Å². The van der Waals surface area contributed by atoms with Crippen molar-refractivity contribution in [1.29, 1.82) is 0 Å². The highest BCUT2D eigenvalue weighted by molar-refractivity contribution is 5.81. The summed E-state index contributed by atoms with van der Waals surface area (Å²) in [5.74, 6) is 1.10. The largest absolute Gasteiger partial charge is 0.356 e. The van der Waals surface area contributed by atoms with Crippen LogP contribution in [0.15, 0.2) is 35.3 Å². The predicted molar refractivity (Wildman–Crippen MR) is 101 cm³/mol. The van der Waals surface area contributed by atoms with Gasteiger partial charge in [-0.05, 0) is 30.2 Å². The average Bonchev–Trinajstić information content (AvgIpc) is 3.05. The minimum absolute atomic E-state index is 0.156. The van der Waals surface area contributed by atoms with E-state index in [1.54, 1.807) is 4.90 Å². The Labute approximate surface area is 151 Å². The highest BCUT2D eigenvalue weighted by Crippen LogP contribution is 2.47. The molecule has 0 aromatic heterocycles. The Balaban J connectivity index is 1.41. The minimum Gasteiger partial charge on any atom is -0.356 e. The van der Waals surface area contributed by atoms with Crippen molar-refractivity contribution in [1.82, 2.24) is 15.1 Å². The second kappa shape index (κ2) is 7.89. The number of hydrogen-bond donors (Lipinski definition) is 1. The van der Waals surface area contributed by atoms with Crippen LogP contribution in [0.1, 0.15) is 37.7 Å². The molecule has 1 saturated heterocycles. The van der Waals surface area contributed by atoms with E-state index in [-0.39, 0.29) is 5.91 Å². The second-order valence-electron chi connectivity index (χ2n) is 7.48. The topological polar surface area (TPSA) is 47.9 Å². The first-order chi connectivity index (χ1) is 12.1. The van der Waals surface area contributed by atoms with Gasteiger partial charge in [-0.1, -0.05) is 36.8 Å². The molecule has 25 heavy (non-hydrogen) atoms. The summed E-state index contributed by atoms with van der Waals surface area (Å²) >= 11 is 0. The smallest absolute Gasteiger partial charge is 0.224 e. The highest BCUT2D eigenvalue weighted by atomic mass is 16.2. The Bertz CT molecular complexity index is 609. The molecular weight excluding hydrogens is 312 g/mol. The number of likely N-dealkylation sites (tertiary alicyclic amines) is 1. The van der Waals surface area contributed by atoms with Gasteiger partial charge in [-0.25, -0.2) is 0 Å². The molecule has 1 saturated carbocycles. The van der Waals surface area contributed by atoms with Gasteiger partial charge in [-0.2, -0.15) is 0 Å². The van der Waals surface area contributed by atoms with Gasteiger partial charge < -0.3 is 15.1 Å². The Morgan fingerprint density at radius 3 is 2.64 bits per heavy atom. The van der Waals surface area contributed by atoms with Crippen LogP contribution in [-0.4, -0.2) is 55.4 Å². The third-order valence-electron chi connectivity index (χ3n) is 5.67. The normalized spacial score (nSPS) is 19.0. The minimum atomic E-state index is 0.156. The van der Waals surface area contributed by atoms with E-state index in [1.807, 2.05) is 44.4 Å². The van der Waals surface area contributed by atoms with Gasteiger partial charge in [0.15, 0.2) is 5.96 Å². The van der Waals surface area contributed by atoms with Crippen molar-refractivity contribution in [2.24, 2.45) is 10.4 Å². The number of rotatable bonds is 5. The maximum Gasteiger partial charge on any atom is 0.224 e. The fourth-order valence-electron chi connectivity index (χ4n) is 3.95. The molecule has 0 unspecified atom stereocenters. The molecule has 0 bridgehead atoms. The van der Waals surface area contributed by atoms with Gasteiger partial charge in [0.05, 0.1) is 0 Å². The summed E-state index contributed by atoms with van der Waals surface area (Å²) in [6.07, 6.45) is 5.88. The molecule has 136 valence electrons. The molecule has 3 rings (SSSR count). The molecule has 1 aromatic carbocycles. The molecule has 2 fully saturated rings. The van der Waals surface area contributed by atoms with Crippen LogP contribution in [0.25, 0.3) is 0 Å². The molecule has 1 spiro atoms. The zero-order valence-electron chi connectivity index (χ0n) is 15.5. The Morgan fingerprint density at radius 2 is 2.04 bits per heavy atom. The van der Waals surface area contributed by atoms with Crippen molar-refractivity contribution in [3.05, 3.63) is 35.9 Å². The lowest BCUT2D eigenvalue weighted by Gasteiger charge is -2.38. The van der Waals surface area contributed by atoms with Crippen molar-refractivity contribution in [3.63, 3.8) is 0 Å². The summed E-state index contributed by atoms with van der Waals surface area (Å²) < 4.78 is 0. The van der Waals surface area contributed by atoms with Crippen LogP contribution >= 0.6 is 0 Å². The molecule has 5 heteroatoms. The zero-order valence-corrected chi connectivity index (χ0v) is 15.5. The lowest BCUT2D eigenvalue weighted by atomic mass is 9.68. The second-order valence-corrected chi connectivity index (χ2v) is 7.48. The molecule has 1 N–H and O–H groups in total.